The van der Waals surface area contributed by atoms with Crippen molar-refractivity contribution in [2.24, 2.45) is 0 Å². The summed E-state index contributed by atoms with van der Waals surface area (Å²) >= 11 is 0. The Morgan fingerprint density at radius 3 is 2.44 bits per heavy atom. The lowest BCUT2D eigenvalue weighted by atomic mass is 9.81. The van der Waals surface area contributed by atoms with Crippen LogP contribution in [0.25, 0.3) is 0 Å². The lowest BCUT2D eigenvalue weighted by molar-refractivity contribution is -0.158. The number of unbranched alkanes of at least 4 members (excludes halogenated alkanes) is 1. The molecule has 4 nitrogen and oxygen atoms in total. The van der Waals surface area contributed by atoms with Gasteiger partial charge in [0.1, 0.15) is 5.60 Å². The highest BCUT2D eigenvalue weighted by Crippen LogP contribution is 2.36. The van der Waals surface area contributed by atoms with E-state index in [1.165, 1.54) is 6.42 Å². The highest BCUT2D eigenvalue weighted by atomic mass is 16.6. The van der Waals surface area contributed by atoms with Gasteiger partial charge in [-0.15, -0.1) is 0 Å². The van der Waals surface area contributed by atoms with Gasteiger partial charge in [-0.05, 0) is 38.5 Å². The molecule has 1 aliphatic rings. The molecule has 0 amide bonds. The lowest BCUT2D eigenvalue weighted by Gasteiger charge is -2.36. The normalized spacial score (nSPS) is 18.7. The first-order valence-electron chi connectivity index (χ1n) is 6.72. The van der Waals surface area contributed by atoms with Crippen LogP contribution in [-0.2, 0) is 14.3 Å². The minimum atomic E-state index is -1.13. The van der Waals surface area contributed by atoms with Crippen molar-refractivity contribution < 1.29 is 19.4 Å². The third kappa shape index (κ3) is 4.90. The number of carbonyl (C=O) groups is 2. The zero-order valence-corrected chi connectivity index (χ0v) is 11.0. The second kappa shape index (κ2) is 7.19. The fourth-order valence-electron chi connectivity index (χ4n) is 2.48. The summed E-state index contributed by atoms with van der Waals surface area (Å²) in [5, 5.41) is 8.48. The van der Waals surface area contributed by atoms with Gasteiger partial charge in [0, 0.05) is 12.2 Å². The Morgan fingerprint density at radius 1 is 1.22 bits per heavy atom. The number of esters is 1. The Kier molecular flexibility index (Phi) is 5.89. The predicted octanol–water partition coefficient (Wildman–Crippen LogP) is 3.06. The Labute approximate surface area is 108 Å². The fourth-order valence-corrected chi connectivity index (χ4v) is 2.48. The third-order valence-corrected chi connectivity index (χ3v) is 3.43. The van der Waals surface area contributed by atoms with Crippen molar-refractivity contribution in [1.29, 1.82) is 0 Å². The van der Waals surface area contributed by atoms with E-state index in [4.69, 9.17) is 9.84 Å². The van der Waals surface area contributed by atoms with Crippen molar-refractivity contribution in [2.45, 2.75) is 63.9 Å². The molecule has 1 aliphatic carbocycles. The molecule has 1 saturated carbocycles. The van der Waals surface area contributed by atoms with E-state index < -0.39 is 11.9 Å². The molecule has 0 radical (unpaired) electrons. The van der Waals surface area contributed by atoms with Crippen LogP contribution in [-0.4, -0.2) is 22.6 Å². The van der Waals surface area contributed by atoms with Crippen LogP contribution in [0.1, 0.15) is 58.3 Å². The first kappa shape index (κ1) is 14.7. The van der Waals surface area contributed by atoms with E-state index in [1.54, 1.807) is 0 Å². The minimum Gasteiger partial charge on any atom is -0.478 e. The SMILES string of the molecule is CCCCC1(OC(=O)C=CC(=O)O)CCCCC1. The standard InChI is InChI=1S/C14H22O4/c1-2-3-9-14(10-5-4-6-11-14)18-13(17)8-7-12(15)16/h7-8H,2-6,9-11H2,1H3,(H,15,16). The number of aliphatic carboxylic acids is 1. The number of carbonyl (C=O) groups excluding carboxylic acids is 1. The second-order valence-corrected chi connectivity index (χ2v) is 4.94. The molecule has 102 valence electrons. The van der Waals surface area contributed by atoms with E-state index in [0.717, 1.165) is 57.1 Å². The van der Waals surface area contributed by atoms with Gasteiger partial charge in [0.05, 0.1) is 0 Å². The number of carboxylic acid groups (broad SMARTS) is 1. The number of hydrogen-bond donors (Lipinski definition) is 1. The number of hydrogen-bond acceptors (Lipinski definition) is 3. The maximum Gasteiger partial charge on any atom is 0.331 e. The molecule has 0 bridgehead atoms. The summed E-state index contributed by atoms with van der Waals surface area (Å²) in [4.78, 5) is 22.0. The first-order valence-corrected chi connectivity index (χ1v) is 6.72. The van der Waals surface area contributed by atoms with Gasteiger partial charge in [0.2, 0.25) is 0 Å². The Balaban J connectivity index is 2.60. The summed E-state index contributed by atoms with van der Waals surface area (Å²) < 4.78 is 5.54. The van der Waals surface area contributed by atoms with Crippen LogP contribution in [0, 0.1) is 0 Å². The smallest absolute Gasteiger partial charge is 0.331 e. The van der Waals surface area contributed by atoms with Crippen LogP contribution in [0.5, 0.6) is 0 Å². The van der Waals surface area contributed by atoms with E-state index in [0.29, 0.717) is 0 Å². The van der Waals surface area contributed by atoms with Crippen molar-refractivity contribution in [1.82, 2.24) is 0 Å². The van der Waals surface area contributed by atoms with Gasteiger partial charge in [-0.3, -0.25) is 0 Å². The molecule has 18 heavy (non-hydrogen) atoms. The molecule has 0 spiro atoms. The molecule has 0 aromatic carbocycles. The molecule has 4 heteroatoms. The summed E-state index contributed by atoms with van der Waals surface area (Å²) in [6.07, 6.45) is 9.99. The molecule has 0 aliphatic heterocycles. The second-order valence-electron chi connectivity index (χ2n) is 4.94. The largest absolute Gasteiger partial charge is 0.478 e. The van der Waals surface area contributed by atoms with Gasteiger partial charge in [-0.2, -0.15) is 0 Å². The lowest BCUT2D eigenvalue weighted by Crippen LogP contribution is -2.36. The molecule has 1 N–H and O–H groups in total. The maximum atomic E-state index is 11.6. The van der Waals surface area contributed by atoms with Gasteiger partial charge >= 0.3 is 11.9 Å². The van der Waals surface area contributed by atoms with Crippen LogP contribution >= 0.6 is 0 Å². The van der Waals surface area contributed by atoms with E-state index in [1.807, 2.05) is 0 Å². The van der Waals surface area contributed by atoms with Crippen molar-refractivity contribution >= 4 is 11.9 Å². The molecule has 0 heterocycles. The quantitative estimate of drug-likeness (QED) is 0.584. The maximum absolute atomic E-state index is 11.6. The van der Waals surface area contributed by atoms with Crippen molar-refractivity contribution in [3.05, 3.63) is 12.2 Å². The minimum absolute atomic E-state index is 0.353. The fraction of sp³-hybridized carbons (Fsp3) is 0.714. The molecule has 0 atom stereocenters. The van der Waals surface area contributed by atoms with Gasteiger partial charge in [-0.1, -0.05) is 19.8 Å². The van der Waals surface area contributed by atoms with Gasteiger partial charge < -0.3 is 9.84 Å². The van der Waals surface area contributed by atoms with E-state index in [2.05, 4.69) is 6.92 Å². The molecule has 0 saturated heterocycles. The average molecular weight is 254 g/mol. The average Bonchev–Trinajstić information content (AvgIpc) is 2.35. The van der Waals surface area contributed by atoms with Crippen molar-refractivity contribution in [3.63, 3.8) is 0 Å². The number of carboxylic acids is 1. The van der Waals surface area contributed by atoms with Gasteiger partial charge in [0.25, 0.3) is 0 Å². The summed E-state index contributed by atoms with van der Waals surface area (Å²) in [6, 6.07) is 0. The monoisotopic (exact) mass is 254 g/mol. The molecule has 0 unspecified atom stereocenters. The van der Waals surface area contributed by atoms with Crippen LogP contribution < -0.4 is 0 Å². The van der Waals surface area contributed by atoms with Crippen LogP contribution in [0.3, 0.4) is 0 Å². The molecule has 1 rings (SSSR count). The molecule has 0 aromatic heterocycles. The highest BCUT2D eigenvalue weighted by molar-refractivity contribution is 5.90. The number of ether oxygens (including phenoxy) is 1. The Bertz CT molecular complexity index is 314. The third-order valence-electron chi connectivity index (χ3n) is 3.43. The first-order chi connectivity index (χ1) is 8.58. The summed E-state index contributed by atoms with van der Waals surface area (Å²) in [5.74, 6) is -1.66. The van der Waals surface area contributed by atoms with Crippen molar-refractivity contribution in [2.75, 3.05) is 0 Å². The highest BCUT2D eigenvalue weighted by Gasteiger charge is 2.34. The van der Waals surface area contributed by atoms with Gasteiger partial charge in [-0.25, -0.2) is 9.59 Å². The summed E-state index contributed by atoms with van der Waals surface area (Å²) in [5.41, 5.74) is -0.353. The van der Waals surface area contributed by atoms with E-state index >= 15 is 0 Å². The van der Waals surface area contributed by atoms with Crippen LogP contribution in [0.15, 0.2) is 12.2 Å². The zero-order valence-electron chi connectivity index (χ0n) is 11.0. The van der Waals surface area contributed by atoms with Crippen LogP contribution in [0.2, 0.25) is 0 Å². The Hall–Kier alpha value is -1.32. The number of rotatable bonds is 6. The van der Waals surface area contributed by atoms with E-state index in [-0.39, 0.29) is 5.60 Å². The Morgan fingerprint density at radius 2 is 1.89 bits per heavy atom. The molecular formula is C14H22O4. The van der Waals surface area contributed by atoms with Crippen molar-refractivity contribution in [3.8, 4) is 0 Å². The van der Waals surface area contributed by atoms with Gasteiger partial charge in [0.15, 0.2) is 0 Å². The summed E-state index contributed by atoms with van der Waals surface area (Å²) in [6.45, 7) is 2.11. The molecule has 1 fully saturated rings. The summed E-state index contributed by atoms with van der Waals surface area (Å²) in [7, 11) is 0. The topological polar surface area (TPSA) is 63.6 Å². The molecular weight excluding hydrogens is 232 g/mol. The zero-order chi connectivity index (χ0) is 13.4. The molecule has 0 aromatic rings. The van der Waals surface area contributed by atoms with Crippen LogP contribution in [0.4, 0.5) is 0 Å². The predicted molar refractivity (Wildman–Crippen MR) is 68.2 cm³/mol. The van der Waals surface area contributed by atoms with E-state index in [9.17, 15) is 9.59 Å².